The minimum atomic E-state index is -0.251. The highest BCUT2D eigenvalue weighted by Gasteiger charge is 2.41. The van der Waals surface area contributed by atoms with Crippen LogP contribution in [-0.2, 0) is 20.0 Å². The molecule has 29 heavy (non-hydrogen) atoms. The molecular formula is C22H21FN6. The summed E-state index contributed by atoms with van der Waals surface area (Å²) >= 11 is 0. The topological polar surface area (TPSA) is 51.2 Å². The summed E-state index contributed by atoms with van der Waals surface area (Å²) in [5.41, 5.74) is 6.10. The quantitative estimate of drug-likeness (QED) is 0.539. The largest absolute Gasteiger partial charge is 0.287 e. The average Bonchev–Trinajstić information content (AvgIpc) is 3.40. The number of benzene rings is 1. The van der Waals surface area contributed by atoms with Crippen molar-refractivity contribution in [3.05, 3.63) is 71.6 Å². The Bertz CT molecular complexity index is 1230. The molecule has 2 unspecified atom stereocenters. The van der Waals surface area contributed by atoms with Crippen molar-refractivity contribution in [3.8, 4) is 11.3 Å². The number of hydrogen-bond donors (Lipinski definition) is 0. The smallest absolute Gasteiger partial charge is 0.155 e. The van der Waals surface area contributed by atoms with E-state index >= 15 is 0 Å². The van der Waals surface area contributed by atoms with Crippen LogP contribution in [0.15, 0.2) is 48.8 Å². The van der Waals surface area contributed by atoms with Gasteiger partial charge in [-0.3, -0.25) is 9.58 Å². The van der Waals surface area contributed by atoms with Gasteiger partial charge in [-0.05, 0) is 31.0 Å². The molecular weight excluding hydrogens is 367 g/mol. The molecule has 0 saturated carbocycles. The van der Waals surface area contributed by atoms with Crippen LogP contribution < -0.4 is 0 Å². The van der Waals surface area contributed by atoms with Crippen molar-refractivity contribution in [2.24, 2.45) is 7.05 Å². The Labute approximate surface area is 167 Å². The van der Waals surface area contributed by atoms with Crippen molar-refractivity contribution in [1.82, 2.24) is 29.3 Å². The van der Waals surface area contributed by atoms with E-state index in [2.05, 4.69) is 16.1 Å². The van der Waals surface area contributed by atoms with Gasteiger partial charge in [0.25, 0.3) is 0 Å². The van der Waals surface area contributed by atoms with Gasteiger partial charge in [0.05, 0.1) is 17.1 Å². The second-order valence-corrected chi connectivity index (χ2v) is 8.04. The van der Waals surface area contributed by atoms with E-state index in [1.54, 1.807) is 6.07 Å². The maximum atomic E-state index is 13.7. The lowest BCUT2D eigenvalue weighted by atomic mass is 9.99. The molecule has 2 bridgehead atoms. The van der Waals surface area contributed by atoms with Crippen molar-refractivity contribution in [1.29, 1.82) is 0 Å². The Balaban J connectivity index is 1.41. The third-order valence-corrected chi connectivity index (χ3v) is 6.43. The molecule has 5 heterocycles. The van der Waals surface area contributed by atoms with Gasteiger partial charge in [-0.25, -0.2) is 13.9 Å². The minimum Gasteiger partial charge on any atom is -0.287 e. The summed E-state index contributed by atoms with van der Waals surface area (Å²) in [6, 6.07) is 11.5. The summed E-state index contributed by atoms with van der Waals surface area (Å²) < 4.78 is 17.6. The van der Waals surface area contributed by atoms with E-state index < -0.39 is 0 Å². The average molecular weight is 388 g/mol. The van der Waals surface area contributed by atoms with Gasteiger partial charge in [-0.15, -0.1) is 0 Å². The van der Waals surface area contributed by atoms with Gasteiger partial charge < -0.3 is 0 Å². The van der Waals surface area contributed by atoms with Gasteiger partial charge in [0.1, 0.15) is 5.82 Å². The standard InChI is InChI=1S/C22H21FN6/c1-27-17(7-8-25-27)13-28-16-5-6-20(28)18-12-24-22-11-19(26-29(22)21(18)10-16)14-3-2-4-15(23)9-14/h2-4,7-9,11-12,16,20H,5-6,10,13H2,1H3. The number of aryl methyl sites for hydroxylation is 1. The predicted octanol–water partition coefficient (Wildman–Crippen LogP) is 3.53. The second kappa shape index (κ2) is 6.22. The van der Waals surface area contributed by atoms with Gasteiger partial charge in [-0.2, -0.15) is 10.2 Å². The van der Waals surface area contributed by atoms with Crippen molar-refractivity contribution in [2.45, 2.75) is 37.9 Å². The lowest BCUT2D eigenvalue weighted by Crippen LogP contribution is -2.38. The molecule has 7 heteroatoms. The van der Waals surface area contributed by atoms with Crippen LogP contribution in [0.3, 0.4) is 0 Å². The van der Waals surface area contributed by atoms with E-state index in [0.717, 1.165) is 36.3 Å². The molecule has 1 aromatic carbocycles. The normalized spacial score (nSPS) is 21.0. The number of nitrogens with zero attached hydrogens (tertiary/aromatic N) is 6. The van der Waals surface area contributed by atoms with E-state index in [9.17, 15) is 4.39 Å². The molecule has 1 saturated heterocycles. The summed E-state index contributed by atoms with van der Waals surface area (Å²) in [4.78, 5) is 7.28. The van der Waals surface area contributed by atoms with Crippen molar-refractivity contribution < 1.29 is 4.39 Å². The van der Waals surface area contributed by atoms with Crippen LogP contribution in [-0.4, -0.2) is 35.3 Å². The number of fused-ring (bicyclic) bond motifs is 6. The molecule has 0 amide bonds. The summed E-state index contributed by atoms with van der Waals surface area (Å²) in [7, 11) is 2.00. The number of rotatable bonds is 3. The highest BCUT2D eigenvalue weighted by atomic mass is 19.1. The van der Waals surface area contributed by atoms with Crippen LogP contribution in [0.4, 0.5) is 4.39 Å². The van der Waals surface area contributed by atoms with Gasteiger partial charge in [0.2, 0.25) is 0 Å². The van der Waals surface area contributed by atoms with Crippen molar-refractivity contribution >= 4 is 5.65 Å². The maximum Gasteiger partial charge on any atom is 0.155 e. The fourth-order valence-corrected chi connectivity index (χ4v) is 4.96. The molecule has 6 rings (SSSR count). The van der Waals surface area contributed by atoms with Crippen LogP contribution in [0.2, 0.25) is 0 Å². The fourth-order valence-electron chi connectivity index (χ4n) is 4.96. The number of aromatic nitrogens is 5. The first-order valence-corrected chi connectivity index (χ1v) is 10.0. The molecule has 4 aromatic rings. The third kappa shape index (κ3) is 2.61. The van der Waals surface area contributed by atoms with Crippen molar-refractivity contribution in [3.63, 3.8) is 0 Å². The summed E-state index contributed by atoms with van der Waals surface area (Å²) in [5.74, 6) is -0.251. The first-order chi connectivity index (χ1) is 14.2. The lowest BCUT2D eigenvalue weighted by molar-refractivity contribution is 0.161. The molecule has 3 aromatic heterocycles. The van der Waals surface area contributed by atoms with E-state index in [1.807, 2.05) is 40.8 Å². The first kappa shape index (κ1) is 16.9. The van der Waals surface area contributed by atoms with Crippen LogP contribution in [0, 0.1) is 5.82 Å². The molecule has 146 valence electrons. The number of halogens is 1. The molecule has 0 aliphatic carbocycles. The van der Waals surface area contributed by atoms with Crippen LogP contribution in [0.5, 0.6) is 0 Å². The van der Waals surface area contributed by atoms with Crippen LogP contribution >= 0.6 is 0 Å². The number of hydrogen-bond acceptors (Lipinski definition) is 4. The van der Waals surface area contributed by atoms with E-state index in [4.69, 9.17) is 10.1 Å². The highest BCUT2D eigenvalue weighted by Crippen LogP contribution is 2.44. The molecule has 6 nitrogen and oxygen atoms in total. The van der Waals surface area contributed by atoms with E-state index in [-0.39, 0.29) is 5.82 Å². The second-order valence-electron chi connectivity index (χ2n) is 8.04. The Hall–Kier alpha value is -3.06. The van der Waals surface area contributed by atoms with Gasteiger partial charge in [0.15, 0.2) is 5.65 Å². The summed E-state index contributed by atoms with van der Waals surface area (Å²) in [6.45, 7) is 0.900. The van der Waals surface area contributed by atoms with Gasteiger partial charge in [-0.1, -0.05) is 12.1 Å². The monoisotopic (exact) mass is 388 g/mol. The zero-order chi connectivity index (χ0) is 19.5. The molecule has 2 aliphatic rings. The SMILES string of the molecule is Cn1nccc1CN1C2CCC1c1cnc3cc(-c4cccc(F)c4)nn3c1C2. The zero-order valence-electron chi connectivity index (χ0n) is 16.2. The molecule has 0 N–H and O–H groups in total. The molecule has 1 fully saturated rings. The fraction of sp³-hybridized carbons (Fsp3) is 0.318. The molecule has 0 spiro atoms. The van der Waals surface area contributed by atoms with Crippen LogP contribution in [0.1, 0.15) is 35.8 Å². The minimum absolute atomic E-state index is 0.251. The Morgan fingerprint density at radius 3 is 2.93 bits per heavy atom. The summed E-state index contributed by atoms with van der Waals surface area (Å²) in [5, 5.41) is 9.12. The Morgan fingerprint density at radius 1 is 1.17 bits per heavy atom. The predicted molar refractivity (Wildman–Crippen MR) is 107 cm³/mol. The first-order valence-electron chi connectivity index (χ1n) is 10.0. The third-order valence-electron chi connectivity index (χ3n) is 6.43. The lowest BCUT2D eigenvalue weighted by Gasteiger charge is -2.36. The molecule has 0 radical (unpaired) electrons. The zero-order valence-corrected chi connectivity index (χ0v) is 16.2. The highest BCUT2D eigenvalue weighted by molar-refractivity contribution is 5.64. The van der Waals surface area contributed by atoms with E-state index in [1.165, 1.54) is 35.5 Å². The van der Waals surface area contributed by atoms with Crippen molar-refractivity contribution in [2.75, 3.05) is 0 Å². The summed E-state index contributed by atoms with van der Waals surface area (Å²) in [6.07, 6.45) is 7.15. The van der Waals surface area contributed by atoms with E-state index in [0.29, 0.717) is 12.1 Å². The Morgan fingerprint density at radius 2 is 2.10 bits per heavy atom. The van der Waals surface area contributed by atoms with Gasteiger partial charge >= 0.3 is 0 Å². The maximum absolute atomic E-state index is 13.7. The Kier molecular flexibility index (Phi) is 3.61. The molecule has 2 aliphatic heterocycles. The molecule has 2 atom stereocenters. The van der Waals surface area contributed by atoms with Crippen LogP contribution in [0.25, 0.3) is 16.9 Å². The van der Waals surface area contributed by atoms with Gasteiger partial charge in [0, 0.05) is 61.7 Å².